The van der Waals surface area contributed by atoms with Crippen molar-refractivity contribution in [3.63, 3.8) is 0 Å². The van der Waals surface area contributed by atoms with Crippen LogP contribution in [0.3, 0.4) is 0 Å². The summed E-state index contributed by atoms with van der Waals surface area (Å²) < 4.78 is 27.0. The second-order valence-corrected chi connectivity index (χ2v) is 5.01. The van der Waals surface area contributed by atoms with Crippen LogP contribution in [0.25, 0.3) is 11.1 Å². The number of nitrogens with one attached hydrogen (secondary N) is 2. The number of hydrazine groups is 1. The second-order valence-electron chi connectivity index (χ2n) is 5.01. The summed E-state index contributed by atoms with van der Waals surface area (Å²) in [4.78, 5) is 15.5. The van der Waals surface area contributed by atoms with Crippen molar-refractivity contribution >= 4 is 11.6 Å². The Kier molecular flexibility index (Phi) is 4.47. The summed E-state index contributed by atoms with van der Waals surface area (Å²) in [5, 5.41) is 0. The quantitative estimate of drug-likeness (QED) is 0.567. The number of pyridine rings is 1. The first-order valence-electron chi connectivity index (χ1n) is 7.16. The third-order valence-electron chi connectivity index (χ3n) is 3.36. The fourth-order valence-corrected chi connectivity index (χ4v) is 2.16. The summed E-state index contributed by atoms with van der Waals surface area (Å²) in [5.41, 5.74) is 6.71. The highest BCUT2D eigenvalue weighted by molar-refractivity contribution is 5.95. The molecule has 1 amide bonds. The van der Waals surface area contributed by atoms with E-state index in [0.29, 0.717) is 11.3 Å². The number of hydrogen-bond acceptors (Lipinski definition) is 3. The zero-order valence-electron chi connectivity index (χ0n) is 12.5. The van der Waals surface area contributed by atoms with E-state index in [1.54, 1.807) is 18.2 Å². The predicted octanol–water partition coefficient (Wildman–Crippen LogP) is 3.78. The van der Waals surface area contributed by atoms with E-state index in [4.69, 9.17) is 0 Å². The van der Waals surface area contributed by atoms with Crippen molar-refractivity contribution in [3.8, 4) is 11.1 Å². The molecule has 0 saturated heterocycles. The van der Waals surface area contributed by atoms with E-state index in [-0.39, 0.29) is 5.56 Å². The lowest BCUT2D eigenvalue weighted by Crippen LogP contribution is -2.29. The van der Waals surface area contributed by atoms with Gasteiger partial charge in [0.1, 0.15) is 5.82 Å². The van der Waals surface area contributed by atoms with Gasteiger partial charge in [-0.25, -0.2) is 9.37 Å². The van der Waals surface area contributed by atoms with Crippen LogP contribution in [0, 0.1) is 11.8 Å². The van der Waals surface area contributed by atoms with Gasteiger partial charge in [-0.1, -0.05) is 36.4 Å². The van der Waals surface area contributed by atoms with Gasteiger partial charge >= 0.3 is 0 Å². The maximum absolute atomic E-state index is 14.3. The Balaban J connectivity index is 1.71. The smallest absolute Gasteiger partial charge is 0.269 e. The molecule has 1 heterocycles. The van der Waals surface area contributed by atoms with E-state index < -0.39 is 17.7 Å². The highest BCUT2D eigenvalue weighted by Crippen LogP contribution is 2.23. The van der Waals surface area contributed by atoms with Gasteiger partial charge in [-0.3, -0.25) is 15.6 Å². The molecule has 0 spiro atoms. The normalized spacial score (nSPS) is 10.2. The average Bonchev–Trinajstić information content (AvgIpc) is 2.61. The van der Waals surface area contributed by atoms with Gasteiger partial charge in [-0.05, 0) is 29.8 Å². The predicted molar refractivity (Wildman–Crippen MR) is 87.1 cm³/mol. The molecule has 2 N–H and O–H groups in total. The Morgan fingerprint density at radius 2 is 1.75 bits per heavy atom. The summed E-state index contributed by atoms with van der Waals surface area (Å²) in [7, 11) is 0. The number of carbonyl (C=O) groups excluding carboxylic acids is 1. The molecule has 120 valence electrons. The van der Waals surface area contributed by atoms with Gasteiger partial charge in [0.15, 0.2) is 0 Å². The molecule has 0 aliphatic heterocycles. The van der Waals surface area contributed by atoms with Crippen molar-refractivity contribution in [1.82, 2.24) is 10.4 Å². The topological polar surface area (TPSA) is 54.0 Å². The molecule has 2 aromatic carbocycles. The van der Waals surface area contributed by atoms with E-state index in [0.717, 1.165) is 11.6 Å². The SMILES string of the molecule is O=C(NNc1ccc(F)nc1)c1ccc(-c2ccccc2)c(F)c1. The number of aromatic nitrogens is 1. The minimum atomic E-state index is -0.620. The van der Waals surface area contributed by atoms with Gasteiger partial charge in [0.25, 0.3) is 5.91 Å². The van der Waals surface area contributed by atoms with Crippen LogP contribution in [0.1, 0.15) is 10.4 Å². The zero-order valence-corrected chi connectivity index (χ0v) is 12.5. The van der Waals surface area contributed by atoms with E-state index in [2.05, 4.69) is 15.8 Å². The lowest BCUT2D eigenvalue weighted by Gasteiger charge is -2.09. The number of anilines is 1. The largest absolute Gasteiger partial charge is 0.297 e. The third-order valence-corrected chi connectivity index (χ3v) is 3.36. The highest BCUT2D eigenvalue weighted by atomic mass is 19.1. The van der Waals surface area contributed by atoms with Crippen LogP contribution in [0.15, 0.2) is 66.9 Å². The van der Waals surface area contributed by atoms with Gasteiger partial charge < -0.3 is 0 Å². The van der Waals surface area contributed by atoms with Crippen LogP contribution in [-0.4, -0.2) is 10.9 Å². The molecular formula is C18H13F2N3O. The molecular weight excluding hydrogens is 312 g/mol. The number of amides is 1. The van der Waals surface area contributed by atoms with Crippen LogP contribution in [0.2, 0.25) is 0 Å². The van der Waals surface area contributed by atoms with E-state index >= 15 is 0 Å². The minimum Gasteiger partial charge on any atom is -0.297 e. The lowest BCUT2D eigenvalue weighted by atomic mass is 10.0. The van der Waals surface area contributed by atoms with Crippen molar-refractivity contribution in [1.29, 1.82) is 0 Å². The van der Waals surface area contributed by atoms with Crippen molar-refractivity contribution in [2.75, 3.05) is 5.43 Å². The molecule has 24 heavy (non-hydrogen) atoms. The monoisotopic (exact) mass is 325 g/mol. The van der Waals surface area contributed by atoms with Crippen molar-refractivity contribution in [2.45, 2.75) is 0 Å². The van der Waals surface area contributed by atoms with Gasteiger partial charge in [0, 0.05) is 11.1 Å². The molecule has 1 aromatic heterocycles. The Morgan fingerprint density at radius 1 is 0.958 bits per heavy atom. The molecule has 0 aliphatic carbocycles. The number of nitrogens with zero attached hydrogens (tertiary/aromatic N) is 1. The number of carbonyl (C=O) groups is 1. The van der Waals surface area contributed by atoms with Gasteiger partial charge in [-0.2, -0.15) is 4.39 Å². The van der Waals surface area contributed by atoms with Crippen LogP contribution in [0.4, 0.5) is 14.5 Å². The molecule has 0 atom stereocenters. The molecule has 0 saturated carbocycles. The molecule has 0 radical (unpaired) electrons. The fraction of sp³-hybridized carbons (Fsp3) is 0. The van der Waals surface area contributed by atoms with Crippen molar-refractivity contribution in [2.24, 2.45) is 0 Å². The summed E-state index contributed by atoms with van der Waals surface area (Å²) >= 11 is 0. The summed E-state index contributed by atoms with van der Waals surface area (Å²) in [6.45, 7) is 0. The Morgan fingerprint density at radius 3 is 2.42 bits per heavy atom. The van der Waals surface area contributed by atoms with E-state index in [9.17, 15) is 13.6 Å². The molecule has 6 heteroatoms. The highest BCUT2D eigenvalue weighted by Gasteiger charge is 2.10. The van der Waals surface area contributed by atoms with Gasteiger partial charge in [-0.15, -0.1) is 0 Å². The fourth-order valence-electron chi connectivity index (χ4n) is 2.16. The van der Waals surface area contributed by atoms with Gasteiger partial charge in [0.05, 0.1) is 11.9 Å². The van der Waals surface area contributed by atoms with Crippen LogP contribution >= 0.6 is 0 Å². The first kappa shape index (κ1) is 15.6. The lowest BCUT2D eigenvalue weighted by molar-refractivity contribution is 0.0962. The number of rotatable bonds is 4. The number of hydrogen-bond donors (Lipinski definition) is 2. The Labute approximate surface area is 137 Å². The number of halogens is 2. The maximum Gasteiger partial charge on any atom is 0.269 e. The van der Waals surface area contributed by atoms with E-state index in [1.807, 2.05) is 18.2 Å². The zero-order chi connectivity index (χ0) is 16.9. The summed E-state index contributed by atoms with van der Waals surface area (Å²) in [6.07, 6.45) is 1.23. The molecule has 0 aliphatic rings. The molecule has 0 bridgehead atoms. The van der Waals surface area contributed by atoms with Crippen LogP contribution in [0.5, 0.6) is 0 Å². The molecule has 0 unspecified atom stereocenters. The second kappa shape index (κ2) is 6.87. The molecule has 4 nitrogen and oxygen atoms in total. The Hall–Kier alpha value is -3.28. The van der Waals surface area contributed by atoms with Crippen molar-refractivity contribution in [3.05, 3.63) is 84.2 Å². The first-order chi connectivity index (χ1) is 11.6. The van der Waals surface area contributed by atoms with Crippen LogP contribution < -0.4 is 10.9 Å². The summed E-state index contributed by atoms with van der Waals surface area (Å²) in [6, 6.07) is 15.9. The maximum atomic E-state index is 14.3. The molecule has 0 fully saturated rings. The molecule has 3 aromatic rings. The number of benzene rings is 2. The van der Waals surface area contributed by atoms with Crippen molar-refractivity contribution < 1.29 is 13.6 Å². The standard InChI is InChI=1S/C18H13F2N3O/c19-16-10-13(6-8-15(16)12-4-2-1-3-5-12)18(24)23-22-14-7-9-17(20)21-11-14/h1-11,22H,(H,23,24). The molecule has 3 rings (SSSR count). The first-order valence-corrected chi connectivity index (χ1v) is 7.16. The third kappa shape index (κ3) is 3.55. The van der Waals surface area contributed by atoms with E-state index in [1.165, 1.54) is 24.4 Å². The van der Waals surface area contributed by atoms with Gasteiger partial charge in [0.2, 0.25) is 5.95 Å². The Bertz CT molecular complexity index is 852. The average molecular weight is 325 g/mol. The minimum absolute atomic E-state index is 0.162. The van der Waals surface area contributed by atoms with Crippen LogP contribution in [-0.2, 0) is 0 Å². The summed E-state index contributed by atoms with van der Waals surface area (Å²) in [5.74, 6) is -1.62.